The summed E-state index contributed by atoms with van der Waals surface area (Å²) < 4.78 is 1.84. The monoisotopic (exact) mass is 316 g/mol. The van der Waals surface area contributed by atoms with E-state index in [1.807, 2.05) is 16.9 Å². The van der Waals surface area contributed by atoms with Gasteiger partial charge >= 0.3 is 0 Å². The summed E-state index contributed by atoms with van der Waals surface area (Å²) in [5.74, 6) is 0.912. The minimum absolute atomic E-state index is 0.279. The van der Waals surface area contributed by atoms with Crippen molar-refractivity contribution in [3.8, 4) is 0 Å². The molecular formula is C18H28N4O. The first-order valence-electron chi connectivity index (χ1n) is 8.74. The zero-order chi connectivity index (χ0) is 16.2. The Labute approximate surface area is 138 Å². The number of amides is 1. The fourth-order valence-electron chi connectivity index (χ4n) is 3.71. The molecule has 3 saturated heterocycles. The molecule has 4 heterocycles. The molecule has 5 nitrogen and oxygen atoms in total. The van der Waals surface area contributed by atoms with Gasteiger partial charge in [-0.1, -0.05) is 11.6 Å². The van der Waals surface area contributed by atoms with Gasteiger partial charge in [0.15, 0.2) is 0 Å². The molecule has 1 aromatic heterocycles. The molecular weight excluding hydrogens is 288 g/mol. The van der Waals surface area contributed by atoms with Crippen LogP contribution in [0.1, 0.15) is 33.1 Å². The third-order valence-electron chi connectivity index (χ3n) is 5.03. The first-order chi connectivity index (χ1) is 11.1. The second-order valence-electron chi connectivity index (χ2n) is 7.15. The summed E-state index contributed by atoms with van der Waals surface area (Å²) >= 11 is 0. The number of piperidine rings is 1. The lowest BCUT2D eigenvalue weighted by Crippen LogP contribution is -2.44. The summed E-state index contributed by atoms with van der Waals surface area (Å²) in [6, 6.07) is 2.43. The standard InChI is InChI=1S/C18H28N4O/c1-15(2)6-10-20-12-16-4-5-17(20)14-21(13-16)18(23)7-11-22-9-3-8-19-22/h3,6,8-9,16-17H,4-5,7,10-14H2,1-2H3/t16-,17-/m0/s1. The van der Waals surface area contributed by atoms with Crippen LogP contribution in [0.2, 0.25) is 0 Å². The average Bonchev–Trinajstić information content (AvgIpc) is 2.89. The van der Waals surface area contributed by atoms with E-state index in [-0.39, 0.29) is 5.91 Å². The topological polar surface area (TPSA) is 41.4 Å². The molecule has 126 valence electrons. The Morgan fingerprint density at radius 3 is 2.87 bits per heavy atom. The van der Waals surface area contributed by atoms with Crippen molar-refractivity contribution in [3.05, 3.63) is 30.1 Å². The van der Waals surface area contributed by atoms with Crippen molar-refractivity contribution in [2.75, 3.05) is 26.2 Å². The number of rotatable bonds is 5. The fraction of sp³-hybridized carbons (Fsp3) is 0.667. The number of fused-ring (bicyclic) bond motifs is 4. The molecule has 3 aliphatic rings. The van der Waals surface area contributed by atoms with E-state index in [9.17, 15) is 4.79 Å². The third kappa shape index (κ3) is 4.22. The zero-order valence-corrected chi connectivity index (χ0v) is 14.3. The molecule has 23 heavy (non-hydrogen) atoms. The van der Waals surface area contributed by atoms with Crippen molar-refractivity contribution in [2.24, 2.45) is 5.92 Å². The Morgan fingerprint density at radius 1 is 1.26 bits per heavy atom. The molecule has 0 spiro atoms. The van der Waals surface area contributed by atoms with Crippen LogP contribution in [0.5, 0.6) is 0 Å². The molecule has 3 fully saturated rings. The van der Waals surface area contributed by atoms with Crippen LogP contribution in [0.25, 0.3) is 0 Å². The predicted molar refractivity (Wildman–Crippen MR) is 90.9 cm³/mol. The maximum atomic E-state index is 12.6. The number of carbonyl (C=O) groups is 1. The number of hydrogen-bond donors (Lipinski definition) is 0. The van der Waals surface area contributed by atoms with E-state index in [2.05, 4.69) is 34.8 Å². The Kier molecular flexibility index (Phi) is 5.16. The number of carbonyl (C=O) groups excluding carboxylic acids is 1. The molecule has 5 heteroatoms. The average molecular weight is 316 g/mol. The Morgan fingerprint density at radius 2 is 2.13 bits per heavy atom. The molecule has 0 N–H and O–H groups in total. The SMILES string of the molecule is CC(C)=CCN1C[C@@H]2CC[C@H]1CN(C(=O)CCn1cccn1)C2. The van der Waals surface area contributed by atoms with Crippen molar-refractivity contribution in [1.82, 2.24) is 19.6 Å². The van der Waals surface area contributed by atoms with Gasteiger partial charge in [-0.25, -0.2) is 0 Å². The van der Waals surface area contributed by atoms with Crippen LogP contribution in [0.15, 0.2) is 30.1 Å². The normalized spacial score (nSPS) is 24.5. The van der Waals surface area contributed by atoms with Crippen molar-refractivity contribution >= 4 is 5.91 Å². The third-order valence-corrected chi connectivity index (χ3v) is 5.03. The number of nitrogens with zero attached hydrogens (tertiary/aromatic N) is 4. The molecule has 0 radical (unpaired) electrons. The second kappa shape index (κ2) is 7.30. The summed E-state index contributed by atoms with van der Waals surface area (Å²) in [4.78, 5) is 17.3. The Bertz CT molecular complexity index is 547. The fourth-order valence-corrected chi connectivity index (χ4v) is 3.71. The van der Waals surface area contributed by atoms with Crippen LogP contribution in [0.3, 0.4) is 0 Å². The minimum atomic E-state index is 0.279. The minimum Gasteiger partial charge on any atom is -0.341 e. The summed E-state index contributed by atoms with van der Waals surface area (Å²) in [6.45, 7) is 8.97. The maximum absolute atomic E-state index is 12.6. The van der Waals surface area contributed by atoms with Gasteiger partial charge in [0.05, 0.1) is 0 Å². The Hall–Kier alpha value is -1.62. The first kappa shape index (κ1) is 16.2. The summed E-state index contributed by atoms with van der Waals surface area (Å²) in [6.07, 6.45) is 9.03. The number of aromatic nitrogens is 2. The van der Waals surface area contributed by atoms with Crippen LogP contribution in [-0.4, -0.2) is 57.7 Å². The number of hydrogen-bond acceptors (Lipinski definition) is 3. The molecule has 4 rings (SSSR count). The molecule has 0 unspecified atom stereocenters. The molecule has 1 aromatic rings. The van der Waals surface area contributed by atoms with E-state index in [0.29, 0.717) is 24.9 Å². The van der Waals surface area contributed by atoms with E-state index in [0.717, 1.165) is 26.2 Å². The second-order valence-corrected chi connectivity index (χ2v) is 7.15. The van der Waals surface area contributed by atoms with Gasteiger partial charge in [-0.3, -0.25) is 14.4 Å². The zero-order valence-electron chi connectivity index (χ0n) is 14.3. The number of aryl methyl sites for hydroxylation is 1. The summed E-state index contributed by atoms with van der Waals surface area (Å²) in [5, 5.41) is 4.18. The van der Waals surface area contributed by atoms with Crippen LogP contribution >= 0.6 is 0 Å². The maximum Gasteiger partial charge on any atom is 0.224 e. The van der Waals surface area contributed by atoms with Gasteiger partial charge in [-0.2, -0.15) is 5.10 Å². The van der Waals surface area contributed by atoms with Crippen LogP contribution < -0.4 is 0 Å². The largest absolute Gasteiger partial charge is 0.341 e. The van der Waals surface area contributed by atoms with Gasteiger partial charge in [0.25, 0.3) is 0 Å². The smallest absolute Gasteiger partial charge is 0.224 e. The molecule has 0 saturated carbocycles. The first-order valence-corrected chi connectivity index (χ1v) is 8.74. The molecule has 2 bridgehead atoms. The summed E-state index contributed by atoms with van der Waals surface area (Å²) in [5.41, 5.74) is 1.37. The van der Waals surface area contributed by atoms with E-state index in [1.54, 1.807) is 6.20 Å². The highest BCUT2D eigenvalue weighted by molar-refractivity contribution is 5.76. The highest BCUT2D eigenvalue weighted by Gasteiger charge is 2.35. The predicted octanol–water partition coefficient (Wildman–Crippen LogP) is 2.16. The van der Waals surface area contributed by atoms with Crippen molar-refractivity contribution in [2.45, 2.75) is 45.7 Å². The molecule has 1 amide bonds. The van der Waals surface area contributed by atoms with Gasteiger partial charge in [-0.05, 0) is 38.7 Å². The van der Waals surface area contributed by atoms with Gasteiger partial charge in [-0.15, -0.1) is 0 Å². The van der Waals surface area contributed by atoms with Gasteiger partial charge < -0.3 is 4.90 Å². The molecule has 3 aliphatic heterocycles. The molecule has 0 aliphatic carbocycles. The number of allylic oxidation sites excluding steroid dienone is 1. The van der Waals surface area contributed by atoms with Gasteiger partial charge in [0, 0.05) is 57.6 Å². The van der Waals surface area contributed by atoms with Crippen LogP contribution in [0, 0.1) is 5.92 Å². The van der Waals surface area contributed by atoms with E-state index in [4.69, 9.17) is 0 Å². The highest BCUT2D eigenvalue weighted by atomic mass is 16.2. The van der Waals surface area contributed by atoms with Crippen molar-refractivity contribution in [3.63, 3.8) is 0 Å². The Balaban J connectivity index is 1.57. The van der Waals surface area contributed by atoms with E-state index < -0.39 is 0 Å². The lowest BCUT2D eigenvalue weighted by Gasteiger charge is -2.35. The molecule has 0 aromatic carbocycles. The van der Waals surface area contributed by atoms with Gasteiger partial charge in [0.1, 0.15) is 0 Å². The molecule has 2 atom stereocenters. The van der Waals surface area contributed by atoms with E-state index in [1.165, 1.54) is 18.4 Å². The van der Waals surface area contributed by atoms with Crippen molar-refractivity contribution < 1.29 is 4.79 Å². The van der Waals surface area contributed by atoms with E-state index >= 15 is 0 Å². The highest BCUT2D eigenvalue weighted by Crippen LogP contribution is 2.28. The summed E-state index contributed by atoms with van der Waals surface area (Å²) in [7, 11) is 0. The quantitative estimate of drug-likeness (QED) is 0.782. The van der Waals surface area contributed by atoms with Crippen LogP contribution in [0.4, 0.5) is 0 Å². The van der Waals surface area contributed by atoms with Crippen LogP contribution in [-0.2, 0) is 11.3 Å². The lowest BCUT2D eigenvalue weighted by molar-refractivity contribution is -0.131. The lowest BCUT2D eigenvalue weighted by atomic mass is 9.95. The van der Waals surface area contributed by atoms with Crippen molar-refractivity contribution in [1.29, 1.82) is 0 Å². The van der Waals surface area contributed by atoms with Gasteiger partial charge in [0.2, 0.25) is 5.91 Å².